The van der Waals surface area contributed by atoms with Crippen LogP contribution < -0.4 is 0 Å². The maximum Gasteiger partial charge on any atom is -0.0385 e. The highest BCUT2D eigenvalue weighted by Crippen LogP contribution is 2.16. The Morgan fingerprint density at radius 3 is 1.33 bits per heavy atom. The number of rotatable bonds is 0. The molecule has 0 unspecified atom stereocenters. The summed E-state index contributed by atoms with van der Waals surface area (Å²) in [6.45, 7) is 8.94. The zero-order valence-corrected chi connectivity index (χ0v) is 6.51. The smallest absolute Gasteiger partial charge is 0.0385 e. The minimum Gasteiger partial charge on any atom is -0.221 e. The number of hydrogen-bond acceptors (Lipinski definition) is 3. The van der Waals surface area contributed by atoms with Crippen molar-refractivity contribution in [2.45, 2.75) is 34.1 Å². The van der Waals surface area contributed by atoms with E-state index in [1.54, 1.807) is 0 Å². The molecule has 0 saturated heterocycles. The molecule has 0 aliphatic heterocycles. The molecule has 0 fully saturated rings. The second-order valence-corrected chi connectivity index (χ2v) is 3.00. The minimum atomic E-state index is 0.542. The predicted molar refractivity (Wildman–Crippen MR) is 36.1 cm³/mol. The predicted octanol–water partition coefficient (Wildman–Crippen LogP) is 2.39. The average Bonchev–Trinajstić information content (AvgIpc) is 1.67. The first-order chi connectivity index (χ1) is 3.97. The Bertz CT molecular complexity index is 46.8. The Kier molecular flexibility index (Phi) is 7.77. The molecule has 2 N–H and O–H groups in total. The van der Waals surface area contributed by atoms with Crippen molar-refractivity contribution in [3.63, 3.8) is 0 Å². The summed E-state index contributed by atoms with van der Waals surface area (Å²) in [5, 5.41) is 15.5. The molecule has 0 aliphatic carbocycles. The molecule has 9 heavy (non-hydrogen) atoms. The molecule has 3 nitrogen and oxygen atoms in total. The van der Waals surface area contributed by atoms with E-state index in [1.807, 2.05) is 0 Å². The van der Waals surface area contributed by atoms with E-state index in [0.29, 0.717) is 5.41 Å². The molecule has 0 saturated carbocycles. The summed E-state index contributed by atoms with van der Waals surface area (Å²) < 4.78 is 0. The van der Waals surface area contributed by atoms with Crippen LogP contribution in [-0.4, -0.2) is 10.5 Å². The molecule has 0 radical (unpaired) electrons. The second kappa shape index (κ2) is 6.01. The van der Waals surface area contributed by atoms with E-state index >= 15 is 0 Å². The van der Waals surface area contributed by atoms with Crippen LogP contribution in [0.1, 0.15) is 34.1 Å². The first-order valence-electron chi connectivity index (χ1n) is 2.93. The van der Waals surface area contributed by atoms with Crippen LogP contribution in [0, 0.1) is 5.41 Å². The molecular formula is C6H16O3. The van der Waals surface area contributed by atoms with Gasteiger partial charge < -0.3 is 0 Å². The molecule has 0 spiro atoms. The normalized spacial score (nSPS) is 10.0. The van der Waals surface area contributed by atoms with Gasteiger partial charge in [-0.15, -0.1) is 0 Å². The first kappa shape index (κ1) is 11.6. The van der Waals surface area contributed by atoms with Gasteiger partial charge in [-0.3, -0.25) is 0 Å². The van der Waals surface area contributed by atoms with Crippen LogP contribution in [0.5, 0.6) is 0 Å². The maximum atomic E-state index is 6.62. The summed E-state index contributed by atoms with van der Waals surface area (Å²) in [7, 11) is 0. The van der Waals surface area contributed by atoms with E-state index in [9.17, 15) is 0 Å². The average molecular weight is 136 g/mol. The summed E-state index contributed by atoms with van der Waals surface area (Å²) >= 11 is 0. The third-order valence-electron chi connectivity index (χ3n) is 1.06. The Balaban J connectivity index is 0. The zero-order valence-electron chi connectivity index (χ0n) is 6.51. The first-order valence-corrected chi connectivity index (χ1v) is 2.93. The second-order valence-electron chi connectivity index (χ2n) is 3.00. The molecule has 58 valence electrons. The van der Waals surface area contributed by atoms with Gasteiger partial charge in [-0.1, -0.05) is 39.2 Å². The van der Waals surface area contributed by atoms with Gasteiger partial charge in [0.1, 0.15) is 0 Å². The van der Waals surface area contributed by atoms with E-state index in [1.165, 1.54) is 6.42 Å². The monoisotopic (exact) mass is 136 g/mol. The standard InChI is InChI=1S/C6H14.H2O3/c1-5-6(2,3)4;1-3-2/h5H2,1-4H3;1-2H. The van der Waals surface area contributed by atoms with Gasteiger partial charge in [-0.25, -0.2) is 10.5 Å². The lowest BCUT2D eigenvalue weighted by atomic mass is 9.94. The molecule has 0 aromatic rings. The van der Waals surface area contributed by atoms with Crippen molar-refractivity contribution in [3.05, 3.63) is 0 Å². The molecular weight excluding hydrogens is 120 g/mol. The Hall–Kier alpha value is -0.120. The summed E-state index contributed by atoms with van der Waals surface area (Å²) in [4.78, 5) is 0. The van der Waals surface area contributed by atoms with Crippen molar-refractivity contribution in [2.75, 3.05) is 0 Å². The molecule has 0 aliphatic rings. The molecule has 0 heterocycles. The highest BCUT2D eigenvalue weighted by atomic mass is 17.4. The van der Waals surface area contributed by atoms with Crippen molar-refractivity contribution in [1.82, 2.24) is 0 Å². The lowest BCUT2D eigenvalue weighted by Crippen LogP contribution is -2.00. The maximum absolute atomic E-state index is 6.62. The fourth-order valence-corrected chi connectivity index (χ4v) is 0. The molecule has 0 atom stereocenters. The SMILES string of the molecule is CCC(C)(C)C.OOO. The van der Waals surface area contributed by atoms with Crippen LogP contribution in [0.25, 0.3) is 0 Å². The molecule has 3 heteroatoms. The topological polar surface area (TPSA) is 49.7 Å². The van der Waals surface area contributed by atoms with Gasteiger partial charge in [0.2, 0.25) is 0 Å². The highest BCUT2D eigenvalue weighted by Gasteiger charge is 2.03. The summed E-state index contributed by atoms with van der Waals surface area (Å²) in [6.07, 6.45) is 1.27. The third kappa shape index (κ3) is 32.8. The summed E-state index contributed by atoms with van der Waals surface area (Å²) in [6, 6.07) is 0. The lowest BCUT2D eigenvalue weighted by Gasteiger charge is -2.12. The molecule has 0 aromatic carbocycles. The van der Waals surface area contributed by atoms with E-state index in [4.69, 9.17) is 10.5 Å². The van der Waals surface area contributed by atoms with Crippen molar-refractivity contribution < 1.29 is 15.6 Å². The van der Waals surface area contributed by atoms with Crippen LogP contribution in [0.15, 0.2) is 0 Å². The van der Waals surface area contributed by atoms with Crippen LogP contribution in [-0.2, 0) is 5.04 Å². The summed E-state index contributed by atoms with van der Waals surface area (Å²) in [5.41, 5.74) is 0.542. The third-order valence-corrected chi connectivity index (χ3v) is 1.06. The van der Waals surface area contributed by atoms with Gasteiger partial charge in [0.15, 0.2) is 0 Å². The van der Waals surface area contributed by atoms with Crippen molar-refractivity contribution in [3.8, 4) is 0 Å². The van der Waals surface area contributed by atoms with Crippen LogP contribution in [0.2, 0.25) is 0 Å². The highest BCUT2D eigenvalue weighted by molar-refractivity contribution is 4.55. The Labute approximate surface area is 56.1 Å². The number of hydrogen-bond donors (Lipinski definition) is 2. The van der Waals surface area contributed by atoms with Gasteiger partial charge in [0, 0.05) is 0 Å². The molecule has 0 rings (SSSR count). The van der Waals surface area contributed by atoms with Crippen molar-refractivity contribution >= 4 is 0 Å². The van der Waals surface area contributed by atoms with Gasteiger partial charge >= 0.3 is 0 Å². The van der Waals surface area contributed by atoms with Crippen LogP contribution >= 0.6 is 0 Å². The Morgan fingerprint density at radius 1 is 1.22 bits per heavy atom. The van der Waals surface area contributed by atoms with E-state index in [0.717, 1.165) is 0 Å². The Morgan fingerprint density at radius 2 is 1.33 bits per heavy atom. The molecule has 0 amide bonds. The fraction of sp³-hybridized carbons (Fsp3) is 1.00. The van der Waals surface area contributed by atoms with Gasteiger partial charge in [0.25, 0.3) is 0 Å². The lowest BCUT2D eigenvalue weighted by molar-refractivity contribution is -0.465. The van der Waals surface area contributed by atoms with Crippen LogP contribution in [0.3, 0.4) is 0 Å². The summed E-state index contributed by atoms with van der Waals surface area (Å²) in [5.74, 6) is 0. The quantitative estimate of drug-likeness (QED) is 0.397. The van der Waals surface area contributed by atoms with Crippen LogP contribution in [0.4, 0.5) is 0 Å². The van der Waals surface area contributed by atoms with Gasteiger partial charge in [-0.05, 0) is 5.41 Å². The van der Waals surface area contributed by atoms with Crippen molar-refractivity contribution in [2.24, 2.45) is 5.41 Å². The van der Waals surface area contributed by atoms with E-state index in [-0.39, 0.29) is 0 Å². The minimum absolute atomic E-state index is 0.542. The van der Waals surface area contributed by atoms with Crippen molar-refractivity contribution in [1.29, 1.82) is 0 Å². The molecule has 0 bridgehead atoms. The fourth-order valence-electron chi connectivity index (χ4n) is 0. The van der Waals surface area contributed by atoms with E-state index in [2.05, 4.69) is 32.7 Å². The van der Waals surface area contributed by atoms with E-state index < -0.39 is 0 Å². The van der Waals surface area contributed by atoms with Gasteiger partial charge in [0.05, 0.1) is 0 Å². The zero-order chi connectivity index (χ0) is 7.91. The largest absolute Gasteiger partial charge is 0.221 e. The molecule has 0 aromatic heterocycles. The van der Waals surface area contributed by atoms with Gasteiger partial charge in [-0.2, -0.15) is 0 Å².